The third-order valence-corrected chi connectivity index (χ3v) is 5.19. The van der Waals surface area contributed by atoms with Crippen LogP contribution >= 0.6 is 27.3 Å². The van der Waals surface area contributed by atoms with Crippen LogP contribution in [0, 0.1) is 0 Å². The lowest BCUT2D eigenvalue weighted by Gasteiger charge is -2.46. The van der Waals surface area contributed by atoms with Gasteiger partial charge in [-0.05, 0) is 41.3 Å². The number of ether oxygens (including phenoxy) is 1. The van der Waals surface area contributed by atoms with E-state index in [1.165, 1.54) is 11.3 Å². The lowest BCUT2D eigenvalue weighted by molar-refractivity contribution is -0.0980. The summed E-state index contributed by atoms with van der Waals surface area (Å²) in [6.07, 6.45) is 4.37. The predicted octanol–water partition coefficient (Wildman–Crippen LogP) is 2.45. The van der Waals surface area contributed by atoms with E-state index in [2.05, 4.69) is 32.8 Å². The number of nitrogens with one attached hydrogen (secondary N) is 1. The van der Waals surface area contributed by atoms with Crippen molar-refractivity contribution in [2.45, 2.75) is 37.3 Å². The van der Waals surface area contributed by atoms with E-state index >= 15 is 0 Å². The standard InChI is InChI=1S/C11H17BrN2OS/c1-15-11(3-2-4-11)10(14-13)6-9-5-8(12)7-16-9/h5,7,10,14H,2-4,6,13H2,1H3. The lowest BCUT2D eigenvalue weighted by Crippen LogP contribution is -2.59. The van der Waals surface area contributed by atoms with Crippen LogP contribution in [0.3, 0.4) is 0 Å². The van der Waals surface area contributed by atoms with Crippen LogP contribution in [-0.4, -0.2) is 18.8 Å². The Morgan fingerprint density at radius 1 is 1.69 bits per heavy atom. The van der Waals surface area contributed by atoms with Gasteiger partial charge in [-0.25, -0.2) is 0 Å². The second-order valence-electron chi connectivity index (χ2n) is 4.28. The fourth-order valence-electron chi connectivity index (χ4n) is 2.28. The molecule has 3 N–H and O–H groups in total. The van der Waals surface area contributed by atoms with E-state index in [4.69, 9.17) is 10.6 Å². The zero-order valence-corrected chi connectivity index (χ0v) is 11.7. The van der Waals surface area contributed by atoms with Gasteiger partial charge in [0.25, 0.3) is 0 Å². The Labute approximate surface area is 108 Å². The highest BCUT2D eigenvalue weighted by Gasteiger charge is 2.44. The number of hydrogen-bond acceptors (Lipinski definition) is 4. The molecular formula is C11H17BrN2OS. The maximum Gasteiger partial charge on any atom is 0.0847 e. The largest absolute Gasteiger partial charge is 0.377 e. The van der Waals surface area contributed by atoms with Gasteiger partial charge < -0.3 is 4.74 Å². The molecule has 0 spiro atoms. The Bertz CT molecular complexity index is 346. The molecule has 0 saturated heterocycles. The SMILES string of the molecule is COC1(C(Cc2cc(Br)cs2)NN)CCC1. The second kappa shape index (κ2) is 5.14. The first-order valence-electron chi connectivity index (χ1n) is 5.44. The second-order valence-corrected chi connectivity index (χ2v) is 6.19. The molecule has 1 heterocycles. The monoisotopic (exact) mass is 304 g/mol. The van der Waals surface area contributed by atoms with E-state index in [9.17, 15) is 0 Å². The minimum absolute atomic E-state index is 0.0504. The van der Waals surface area contributed by atoms with Gasteiger partial charge in [0.15, 0.2) is 0 Å². The molecule has 0 bridgehead atoms. The zero-order chi connectivity index (χ0) is 11.6. The number of hydrazine groups is 1. The molecule has 1 atom stereocenters. The van der Waals surface area contributed by atoms with Crippen LogP contribution in [-0.2, 0) is 11.2 Å². The lowest BCUT2D eigenvalue weighted by atomic mass is 9.73. The molecule has 1 aromatic heterocycles. The van der Waals surface area contributed by atoms with Gasteiger partial charge in [-0.3, -0.25) is 11.3 Å². The van der Waals surface area contributed by atoms with E-state index in [1.807, 2.05) is 0 Å². The van der Waals surface area contributed by atoms with Gasteiger partial charge in [0.05, 0.1) is 11.6 Å². The van der Waals surface area contributed by atoms with E-state index in [0.717, 1.165) is 23.7 Å². The fraction of sp³-hybridized carbons (Fsp3) is 0.636. The van der Waals surface area contributed by atoms with Crippen LogP contribution in [0.5, 0.6) is 0 Å². The highest BCUT2D eigenvalue weighted by Crippen LogP contribution is 2.39. The summed E-state index contributed by atoms with van der Waals surface area (Å²) in [5.41, 5.74) is 2.87. The van der Waals surface area contributed by atoms with E-state index in [0.29, 0.717) is 0 Å². The maximum absolute atomic E-state index is 5.66. The number of hydrogen-bond donors (Lipinski definition) is 2. The van der Waals surface area contributed by atoms with Gasteiger partial charge in [0, 0.05) is 28.3 Å². The average molecular weight is 305 g/mol. The molecule has 1 fully saturated rings. The summed E-state index contributed by atoms with van der Waals surface area (Å²) in [6, 6.07) is 2.36. The van der Waals surface area contributed by atoms with Crippen LogP contribution in [0.1, 0.15) is 24.1 Å². The molecule has 1 unspecified atom stereocenters. The summed E-state index contributed by atoms with van der Waals surface area (Å²) in [7, 11) is 1.79. The number of methoxy groups -OCH3 is 1. The molecule has 1 aliphatic carbocycles. The van der Waals surface area contributed by atoms with Crippen molar-refractivity contribution in [3.63, 3.8) is 0 Å². The first kappa shape index (κ1) is 12.5. The Hall–Kier alpha value is 0.0600. The van der Waals surface area contributed by atoms with Crippen molar-refractivity contribution in [2.24, 2.45) is 5.84 Å². The highest BCUT2D eigenvalue weighted by atomic mass is 79.9. The number of thiophene rings is 1. The van der Waals surface area contributed by atoms with Gasteiger partial charge in [-0.1, -0.05) is 0 Å². The van der Waals surface area contributed by atoms with Crippen molar-refractivity contribution < 1.29 is 4.74 Å². The molecule has 2 rings (SSSR count). The molecular weight excluding hydrogens is 288 g/mol. The first-order valence-corrected chi connectivity index (χ1v) is 7.11. The molecule has 0 radical (unpaired) electrons. The quantitative estimate of drug-likeness (QED) is 0.649. The molecule has 1 aromatic rings. The van der Waals surface area contributed by atoms with E-state index < -0.39 is 0 Å². The number of rotatable bonds is 5. The molecule has 3 nitrogen and oxygen atoms in total. The molecule has 1 aliphatic rings. The summed E-state index contributed by atoms with van der Waals surface area (Å²) in [4.78, 5) is 1.33. The minimum atomic E-state index is -0.0504. The third kappa shape index (κ3) is 2.33. The normalized spacial score (nSPS) is 20.4. The van der Waals surface area contributed by atoms with Crippen molar-refractivity contribution in [1.29, 1.82) is 0 Å². The van der Waals surface area contributed by atoms with Crippen LogP contribution in [0.25, 0.3) is 0 Å². The van der Waals surface area contributed by atoms with Crippen molar-refractivity contribution in [3.05, 3.63) is 20.8 Å². The minimum Gasteiger partial charge on any atom is -0.377 e. The fourth-order valence-corrected chi connectivity index (χ4v) is 3.78. The summed E-state index contributed by atoms with van der Waals surface area (Å²) in [5.74, 6) is 5.66. The molecule has 0 aliphatic heterocycles. The average Bonchev–Trinajstić information content (AvgIpc) is 2.61. The van der Waals surface area contributed by atoms with Crippen molar-refractivity contribution in [3.8, 4) is 0 Å². The molecule has 5 heteroatoms. The predicted molar refractivity (Wildman–Crippen MR) is 70.4 cm³/mol. The Morgan fingerprint density at radius 2 is 2.44 bits per heavy atom. The van der Waals surface area contributed by atoms with Crippen LogP contribution in [0.2, 0.25) is 0 Å². The zero-order valence-electron chi connectivity index (χ0n) is 9.33. The summed E-state index contributed by atoms with van der Waals surface area (Å²) < 4.78 is 6.80. The van der Waals surface area contributed by atoms with Gasteiger partial charge in [0.1, 0.15) is 0 Å². The van der Waals surface area contributed by atoms with Gasteiger partial charge in [-0.15, -0.1) is 11.3 Å². The highest BCUT2D eigenvalue weighted by molar-refractivity contribution is 9.10. The Kier molecular flexibility index (Phi) is 4.02. The van der Waals surface area contributed by atoms with E-state index in [-0.39, 0.29) is 11.6 Å². The maximum atomic E-state index is 5.66. The number of nitrogens with two attached hydrogens (primary N) is 1. The van der Waals surface area contributed by atoms with Crippen LogP contribution in [0.4, 0.5) is 0 Å². The van der Waals surface area contributed by atoms with Crippen LogP contribution < -0.4 is 11.3 Å². The van der Waals surface area contributed by atoms with Gasteiger partial charge in [-0.2, -0.15) is 0 Å². The smallest absolute Gasteiger partial charge is 0.0847 e. The topological polar surface area (TPSA) is 47.3 Å². The van der Waals surface area contributed by atoms with Gasteiger partial charge in [0.2, 0.25) is 0 Å². The van der Waals surface area contributed by atoms with Gasteiger partial charge >= 0.3 is 0 Å². The molecule has 0 aromatic carbocycles. The van der Waals surface area contributed by atoms with Crippen molar-refractivity contribution >= 4 is 27.3 Å². The third-order valence-electron chi connectivity index (χ3n) is 3.47. The molecule has 0 amide bonds. The van der Waals surface area contributed by atoms with Crippen LogP contribution in [0.15, 0.2) is 15.9 Å². The number of halogens is 1. The Morgan fingerprint density at radius 3 is 2.81 bits per heavy atom. The summed E-state index contributed by atoms with van der Waals surface area (Å²) in [6.45, 7) is 0. The Balaban J connectivity index is 2.05. The summed E-state index contributed by atoms with van der Waals surface area (Å²) >= 11 is 5.23. The van der Waals surface area contributed by atoms with Crippen molar-refractivity contribution in [2.75, 3.05) is 7.11 Å². The molecule has 1 saturated carbocycles. The van der Waals surface area contributed by atoms with Crippen molar-refractivity contribution in [1.82, 2.24) is 5.43 Å². The van der Waals surface area contributed by atoms with E-state index in [1.54, 1.807) is 18.4 Å². The molecule has 16 heavy (non-hydrogen) atoms. The summed E-state index contributed by atoms with van der Waals surface area (Å²) in [5, 5.41) is 2.10. The molecule has 90 valence electrons. The first-order chi connectivity index (χ1) is 7.70.